The van der Waals surface area contributed by atoms with Crippen molar-refractivity contribution < 1.29 is 19.1 Å². The highest BCUT2D eigenvalue weighted by Gasteiger charge is 2.47. The summed E-state index contributed by atoms with van der Waals surface area (Å²) in [6.07, 6.45) is 7.28. The summed E-state index contributed by atoms with van der Waals surface area (Å²) in [6, 6.07) is 6.22. The van der Waals surface area contributed by atoms with Gasteiger partial charge in [0.1, 0.15) is 17.7 Å². The largest absolute Gasteiger partial charge is 0.465 e. The maximum atomic E-state index is 12.5. The highest BCUT2D eigenvalue weighted by Crippen LogP contribution is 2.40. The third-order valence-electron chi connectivity index (χ3n) is 7.69. The highest BCUT2D eigenvalue weighted by atomic mass is 16.5. The van der Waals surface area contributed by atoms with Gasteiger partial charge in [0.25, 0.3) is 0 Å². The van der Waals surface area contributed by atoms with E-state index in [0.717, 1.165) is 49.6 Å². The molecule has 3 N–H and O–H groups in total. The number of H-pyrrole nitrogens is 1. The molecule has 0 radical (unpaired) electrons. The zero-order chi connectivity index (χ0) is 25.5. The Morgan fingerprint density at radius 3 is 2.68 bits per heavy atom. The molecule has 3 aliphatic rings. The van der Waals surface area contributed by atoms with Crippen molar-refractivity contribution in [1.29, 1.82) is 0 Å². The minimum atomic E-state index is -0.444. The molecule has 0 aromatic carbocycles. The van der Waals surface area contributed by atoms with Crippen molar-refractivity contribution in [3.8, 4) is 0 Å². The molecular weight excluding hydrogens is 474 g/mol. The van der Waals surface area contributed by atoms with E-state index in [1.807, 2.05) is 19.1 Å². The Labute approximate surface area is 214 Å². The second kappa shape index (κ2) is 9.62. The molecule has 3 aromatic rings. The molecule has 1 unspecified atom stereocenters. The number of cyclic esters (lactones) is 1. The number of rotatable bonds is 6. The van der Waals surface area contributed by atoms with E-state index < -0.39 is 5.97 Å². The van der Waals surface area contributed by atoms with E-state index in [1.165, 1.54) is 13.3 Å². The molecular formula is C26H31N7O4. The van der Waals surface area contributed by atoms with Crippen molar-refractivity contribution in [2.24, 2.45) is 0 Å². The van der Waals surface area contributed by atoms with Gasteiger partial charge in [-0.1, -0.05) is 0 Å². The summed E-state index contributed by atoms with van der Waals surface area (Å²) in [5, 5.41) is 14.8. The number of aromatic nitrogens is 4. The second-order valence-electron chi connectivity index (χ2n) is 10.2. The van der Waals surface area contributed by atoms with Crippen molar-refractivity contribution in [3.05, 3.63) is 35.7 Å². The van der Waals surface area contributed by atoms with E-state index in [9.17, 15) is 9.59 Å². The van der Waals surface area contributed by atoms with Gasteiger partial charge in [-0.05, 0) is 51.5 Å². The van der Waals surface area contributed by atoms with Crippen LogP contribution in [0.2, 0.25) is 0 Å². The van der Waals surface area contributed by atoms with E-state index in [2.05, 4.69) is 30.7 Å². The molecule has 6 rings (SSSR count). The maximum Gasteiger partial charge on any atom is 0.339 e. The maximum absolute atomic E-state index is 12.5. The molecule has 0 amide bonds. The van der Waals surface area contributed by atoms with Crippen LogP contribution in [0.3, 0.4) is 0 Å². The standard InChI is InChI=1S/C26H31N7O4/c1-14-8-23(32-31-14)29-22-12-20-19(9-15(13-27-20)25(34)36-2)24(30-22)28-16-10-17-5-6-18(11-16)33(17)21-4-3-7-37-26(21)35/h8-9,12-13,16-18,21H,3-7,10-11H2,1-2H3,(H3,28,29,30,31,32)/t16?,17-,18+,21-/m0/s1. The van der Waals surface area contributed by atoms with Gasteiger partial charge in [0.2, 0.25) is 0 Å². The van der Waals surface area contributed by atoms with E-state index in [4.69, 9.17) is 14.5 Å². The van der Waals surface area contributed by atoms with Crippen molar-refractivity contribution >= 4 is 40.3 Å². The van der Waals surface area contributed by atoms with E-state index in [-0.39, 0.29) is 18.1 Å². The van der Waals surface area contributed by atoms with Crippen LogP contribution in [-0.4, -0.2) is 74.9 Å². The number of pyridine rings is 2. The van der Waals surface area contributed by atoms with Gasteiger partial charge in [-0.15, -0.1) is 0 Å². The topological polar surface area (TPSA) is 134 Å². The van der Waals surface area contributed by atoms with Crippen LogP contribution in [0.1, 0.15) is 54.6 Å². The first-order valence-corrected chi connectivity index (χ1v) is 12.9. The number of ether oxygens (including phenoxy) is 2. The number of piperidine rings is 1. The van der Waals surface area contributed by atoms with Gasteiger partial charge in [-0.25, -0.2) is 9.78 Å². The molecule has 3 saturated heterocycles. The summed E-state index contributed by atoms with van der Waals surface area (Å²) in [4.78, 5) is 36.5. The van der Waals surface area contributed by atoms with Crippen molar-refractivity contribution in [2.45, 2.75) is 69.6 Å². The van der Waals surface area contributed by atoms with Gasteiger partial charge in [-0.2, -0.15) is 5.10 Å². The van der Waals surface area contributed by atoms with E-state index in [0.29, 0.717) is 47.2 Å². The fraction of sp³-hybridized carbons (Fsp3) is 0.500. The summed E-state index contributed by atoms with van der Waals surface area (Å²) < 4.78 is 10.3. The number of nitrogens with one attached hydrogen (secondary N) is 3. The molecule has 6 heterocycles. The third kappa shape index (κ3) is 4.59. The summed E-state index contributed by atoms with van der Waals surface area (Å²) >= 11 is 0. The lowest BCUT2D eigenvalue weighted by Crippen LogP contribution is -2.55. The van der Waals surface area contributed by atoms with Gasteiger partial charge < -0.3 is 20.1 Å². The zero-order valence-corrected chi connectivity index (χ0v) is 21.0. The number of nitrogens with zero attached hydrogens (tertiary/aromatic N) is 4. The summed E-state index contributed by atoms with van der Waals surface area (Å²) in [5.41, 5.74) is 2.01. The average Bonchev–Trinajstić information content (AvgIpc) is 3.42. The molecule has 2 bridgehead atoms. The molecule has 0 spiro atoms. The van der Waals surface area contributed by atoms with Crippen molar-refractivity contribution in [3.63, 3.8) is 0 Å². The quantitative estimate of drug-likeness (QED) is 0.428. The van der Waals surface area contributed by atoms with Crippen LogP contribution >= 0.6 is 0 Å². The van der Waals surface area contributed by atoms with Gasteiger partial charge in [0.15, 0.2) is 5.82 Å². The Bertz CT molecular complexity index is 1330. The fourth-order valence-corrected chi connectivity index (χ4v) is 6.11. The van der Waals surface area contributed by atoms with Gasteiger partial charge in [-0.3, -0.25) is 19.8 Å². The Kier molecular flexibility index (Phi) is 6.15. The molecule has 3 aliphatic heterocycles. The smallest absolute Gasteiger partial charge is 0.339 e. The monoisotopic (exact) mass is 505 g/mol. The number of hydrogen-bond donors (Lipinski definition) is 3. The number of methoxy groups -OCH3 is 1. The highest BCUT2D eigenvalue weighted by molar-refractivity contribution is 5.98. The lowest BCUT2D eigenvalue weighted by Gasteiger charge is -2.43. The van der Waals surface area contributed by atoms with E-state index >= 15 is 0 Å². The van der Waals surface area contributed by atoms with Crippen LogP contribution in [0.25, 0.3) is 10.9 Å². The van der Waals surface area contributed by atoms with Crippen LogP contribution in [0.15, 0.2) is 24.4 Å². The first-order valence-electron chi connectivity index (χ1n) is 12.9. The predicted octanol–water partition coefficient (Wildman–Crippen LogP) is 3.30. The molecule has 4 atom stereocenters. The third-order valence-corrected chi connectivity index (χ3v) is 7.69. The molecule has 11 nitrogen and oxygen atoms in total. The van der Waals surface area contributed by atoms with E-state index in [1.54, 1.807) is 6.07 Å². The average molecular weight is 506 g/mol. The van der Waals surface area contributed by atoms with Crippen LogP contribution in [-0.2, 0) is 14.3 Å². The number of aryl methyl sites for hydroxylation is 1. The molecule has 0 saturated carbocycles. The number of fused-ring (bicyclic) bond motifs is 3. The summed E-state index contributed by atoms with van der Waals surface area (Å²) in [5.74, 6) is 1.40. The van der Waals surface area contributed by atoms with Crippen LogP contribution in [0.4, 0.5) is 17.5 Å². The summed E-state index contributed by atoms with van der Waals surface area (Å²) in [6.45, 7) is 2.47. The number of hydrogen-bond acceptors (Lipinski definition) is 10. The first-order chi connectivity index (χ1) is 18.0. The first kappa shape index (κ1) is 23.7. The molecule has 11 heteroatoms. The molecule has 37 heavy (non-hydrogen) atoms. The fourth-order valence-electron chi connectivity index (χ4n) is 6.11. The van der Waals surface area contributed by atoms with Crippen LogP contribution < -0.4 is 10.6 Å². The number of carbonyl (C=O) groups excluding carboxylic acids is 2. The van der Waals surface area contributed by atoms with Crippen molar-refractivity contribution in [2.75, 3.05) is 24.4 Å². The minimum Gasteiger partial charge on any atom is -0.465 e. The Morgan fingerprint density at radius 1 is 1.16 bits per heavy atom. The normalized spacial score (nSPS) is 25.6. The van der Waals surface area contributed by atoms with Crippen LogP contribution in [0.5, 0.6) is 0 Å². The lowest BCUT2D eigenvalue weighted by atomic mass is 9.93. The Morgan fingerprint density at radius 2 is 1.97 bits per heavy atom. The summed E-state index contributed by atoms with van der Waals surface area (Å²) in [7, 11) is 1.36. The van der Waals surface area contributed by atoms with Gasteiger partial charge in [0, 0.05) is 47.5 Å². The number of carbonyl (C=O) groups is 2. The molecule has 3 fully saturated rings. The molecule has 194 valence electrons. The van der Waals surface area contributed by atoms with Crippen molar-refractivity contribution in [1.82, 2.24) is 25.1 Å². The SMILES string of the molecule is COC(=O)c1cnc2cc(Nc3cc(C)[nH]n3)nc(NC3C[C@H]4CC[C@@H](C3)N4[C@H]3CCCOC3=O)c2c1. The Balaban J connectivity index is 1.29. The predicted molar refractivity (Wildman–Crippen MR) is 137 cm³/mol. The zero-order valence-electron chi connectivity index (χ0n) is 21.0. The number of anilines is 3. The molecule has 3 aromatic heterocycles. The number of aromatic amines is 1. The van der Waals surface area contributed by atoms with Gasteiger partial charge >= 0.3 is 11.9 Å². The van der Waals surface area contributed by atoms with Gasteiger partial charge in [0.05, 0.1) is 24.8 Å². The van der Waals surface area contributed by atoms with Crippen LogP contribution in [0, 0.1) is 6.92 Å². The number of esters is 2. The second-order valence-corrected chi connectivity index (χ2v) is 10.2. The minimum absolute atomic E-state index is 0.0731. The Hall–Kier alpha value is -3.73. The lowest BCUT2D eigenvalue weighted by molar-refractivity contribution is -0.157. The molecule has 0 aliphatic carbocycles.